The minimum Gasteiger partial charge on any atom is -0.460 e. The van der Waals surface area contributed by atoms with Gasteiger partial charge in [-0.1, -0.05) is 24.3 Å². The maximum absolute atomic E-state index is 9.09. The minimum atomic E-state index is 0.729. The molecule has 1 aliphatic heterocycles. The molecule has 1 saturated heterocycles. The Hall–Kier alpha value is -3.46. The number of fused-ring (bicyclic) bond motifs is 1. The minimum absolute atomic E-state index is 0.729. The molecule has 0 saturated carbocycles. The van der Waals surface area contributed by atoms with E-state index in [1.165, 1.54) is 5.56 Å². The highest BCUT2D eigenvalue weighted by molar-refractivity contribution is 5.83. The molecular formula is C26H24N4O. The molecule has 5 heteroatoms. The van der Waals surface area contributed by atoms with Crippen LogP contribution >= 0.6 is 0 Å². The first kappa shape index (κ1) is 19.5. The van der Waals surface area contributed by atoms with Gasteiger partial charge < -0.3 is 4.42 Å². The van der Waals surface area contributed by atoms with Gasteiger partial charge in [-0.25, -0.2) is 0 Å². The van der Waals surface area contributed by atoms with E-state index in [9.17, 15) is 0 Å². The molecule has 0 unspecified atom stereocenters. The Labute approximate surface area is 182 Å². The van der Waals surface area contributed by atoms with Gasteiger partial charge in [0, 0.05) is 56.1 Å². The van der Waals surface area contributed by atoms with Crippen molar-refractivity contribution in [1.82, 2.24) is 14.8 Å². The summed E-state index contributed by atoms with van der Waals surface area (Å²) in [6.45, 7) is 5.77. The van der Waals surface area contributed by atoms with E-state index in [1.54, 1.807) is 6.20 Å². The fourth-order valence-electron chi connectivity index (χ4n) is 4.21. The molecule has 4 aromatic rings. The number of piperazine rings is 1. The maximum Gasteiger partial charge on any atom is 0.134 e. The van der Waals surface area contributed by atoms with E-state index in [0.717, 1.165) is 72.7 Å². The molecule has 0 radical (unpaired) electrons. The second-order valence-corrected chi connectivity index (χ2v) is 8.07. The zero-order valence-electron chi connectivity index (χ0n) is 17.4. The smallest absolute Gasteiger partial charge is 0.134 e. The van der Waals surface area contributed by atoms with E-state index in [1.807, 2.05) is 30.5 Å². The Morgan fingerprint density at radius 2 is 1.71 bits per heavy atom. The molecule has 0 atom stereocenters. The van der Waals surface area contributed by atoms with Gasteiger partial charge in [-0.15, -0.1) is 0 Å². The van der Waals surface area contributed by atoms with Gasteiger partial charge in [0.15, 0.2) is 0 Å². The van der Waals surface area contributed by atoms with Crippen LogP contribution in [-0.4, -0.2) is 41.0 Å². The molecule has 0 aliphatic carbocycles. The fourth-order valence-corrected chi connectivity index (χ4v) is 4.21. The zero-order valence-corrected chi connectivity index (χ0v) is 17.4. The van der Waals surface area contributed by atoms with Gasteiger partial charge in [0.2, 0.25) is 0 Å². The topological polar surface area (TPSA) is 56.3 Å². The van der Waals surface area contributed by atoms with Crippen molar-refractivity contribution in [2.75, 3.05) is 26.2 Å². The number of rotatable bonds is 5. The van der Waals surface area contributed by atoms with Crippen molar-refractivity contribution in [1.29, 1.82) is 5.26 Å². The van der Waals surface area contributed by atoms with Crippen molar-refractivity contribution in [3.8, 4) is 17.2 Å². The predicted molar refractivity (Wildman–Crippen MR) is 121 cm³/mol. The molecule has 0 amide bonds. The quantitative estimate of drug-likeness (QED) is 0.480. The SMILES string of the molecule is N#Cc1cccc(CN2CCN(Cc3cc4cc(-c5cccnc5)ccc4o3)CC2)c1. The van der Waals surface area contributed by atoms with Crippen molar-refractivity contribution in [2.45, 2.75) is 13.1 Å². The number of pyridine rings is 1. The van der Waals surface area contributed by atoms with Gasteiger partial charge in [0.05, 0.1) is 18.2 Å². The first-order valence-corrected chi connectivity index (χ1v) is 10.6. The second kappa shape index (κ2) is 8.73. The van der Waals surface area contributed by atoms with Crippen molar-refractivity contribution in [2.24, 2.45) is 0 Å². The molecule has 2 aromatic carbocycles. The van der Waals surface area contributed by atoms with Crippen LogP contribution in [0, 0.1) is 11.3 Å². The molecule has 0 spiro atoms. The Balaban J connectivity index is 1.20. The third-order valence-electron chi connectivity index (χ3n) is 5.87. The molecule has 0 N–H and O–H groups in total. The Kier molecular flexibility index (Phi) is 5.49. The van der Waals surface area contributed by atoms with E-state index in [-0.39, 0.29) is 0 Å². The van der Waals surface area contributed by atoms with E-state index < -0.39 is 0 Å². The van der Waals surface area contributed by atoms with E-state index >= 15 is 0 Å². The third kappa shape index (κ3) is 4.51. The van der Waals surface area contributed by atoms with Crippen LogP contribution in [0.4, 0.5) is 0 Å². The monoisotopic (exact) mass is 408 g/mol. The summed E-state index contributed by atoms with van der Waals surface area (Å²) < 4.78 is 6.11. The van der Waals surface area contributed by atoms with Crippen molar-refractivity contribution >= 4 is 11.0 Å². The van der Waals surface area contributed by atoms with Gasteiger partial charge in [-0.2, -0.15) is 5.26 Å². The largest absolute Gasteiger partial charge is 0.460 e. The molecule has 1 aliphatic rings. The molecule has 31 heavy (non-hydrogen) atoms. The van der Waals surface area contributed by atoms with Gasteiger partial charge in [0.1, 0.15) is 11.3 Å². The summed E-state index contributed by atoms with van der Waals surface area (Å²) in [4.78, 5) is 9.11. The highest BCUT2D eigenvalue weighted by atomic mass is 16.3. The van der Waals surface area contributed by atoms with Crippen LogP contribution in [-0.2, 0) is 13.1 Å². The van der Waals surface area contributed by atoms with Gasteiger partial charge >= 0.3 is 0 Å². The molecule has 2 aromatic heterocycles. The number of hydrogen-bond acceptors (Lipinski definition) is 5. The summed E-state index contributed by atoms with van der Waals surface area (Å²) in [5.41, 5.74) is 5.13. The lowest BCUT2D eigenvalue weighted by Gasteiger charge is -2.34. The number of nitrogens with zero attached hydrogens (tertiary/aromatic N) is 4. The van der Waals surface area contributed by atoms with Gasteiger partial charge in [0.25, 0.3) is 0 Å². The fraction of sp³-hybridized carbons (Fsp3) is 0.231. The van der Waals surface area contributed by atoms with Crippen LogP contribution in [0.1, 0.15) is 16.9 Å². The summed E-state index contributed by atoms with van der Waals surface area (Å²) >= 11 is 0. The molecule has 154 valence electrons. The lowest BCUT2D eigenvalue weighted by Crippen LogP contribution is -2.45. The van der Waals surface area contributed by atoms with E-state index in [4.69, 9.17) is 9.68 Å². The summed E-state index contributed by atoms with van der Waals surface area (Å²) in [7, 11) is 0. The molecule has 0 bridgehead atoms. The number of nitriles is 1. The average molecular weight is 409 g/mol. The summed E-state index contributed by atoms with van der Waals surface area (Å²) in [5.74, 6) is 1.01. The number of furan rings is 1. The predicted octanol–water partition coefficient (Wildman–Crippen LogP) is 4.68. The highest BCUT2D eigenvalue weighted by Crippen LogP contribution is 2.27. The molecular weight excluding hydrogens is 384 g/mol. The second-order valence-electron chi connectivity index (χ2n) is 8.07. The number of benzene rings is 2. The lowest BCUT2D eigenvalue weighted by molar-refractivity contribution is 0.116. The third-order valence-corrected chi connectivity index (χ3v) is 5.87. The average Bonchev–Trinajstić information content (AvgIpc) is 3.22. The molecule has 5 nitrogen and oxygen atoms in total. The van der Waals surface area contributed by atoms with Crippen molar-refractivity contribution < 1.29 is 4.42 Å². The Bertz CT molecular complexity index is 1220. The Morgan fingerprint density at radius 3 is 2.48 bits per heavy atom. The van der Waals surface area contributed by atoms with E-state index in [0.29, 0.717) is 0 Å². The molecule has 1 fully saturated rings. The normalized spacial score (nSPS) is 15.2. The zero-order chi connectivity index (χ0) is 21.0. The van der Waals surface area contributed by atoms with Crippen LogP contribution in [0.5, 0.6) is 0 Å². The first-order valence-electron chi connectivity index (χ1n) is 10.6. The number of hydrogen-bond donors (Lipinski definition) is 0. The van der Waals surface area contributed by atoms with Crippen LogP contribution in [0.25, 0.3) is 22.1 Å². The molecule has 5 rings (SSSR count). The maximum atomic E-state index is 9.09. The van der Waals surface area contributed by atoms with Gasteiger partial charge in [-0.3, -0.25) is 14.8 Å². The first-order chi connectivity index (χ1) is 15.3. The highest BCUT2D eigenvalue weighted by Gasteiger charge is 2.18. The van der Waals surface area contributed by atoms with Gasteiger partial charge in [-0.05, 0) is 47.5 Å². The number of aromatic nitrogens is 1. The Morgan fingerprint density at radius 1 is 0.871 bits per heavy atom. The summed E-state index contributed by atoms with van der Waals surface area (Å²) in [6.07, 6.45) is 3.68. The standard InChI is InChI=1S/C26H24N4O/c27-16-20-3-1-4-21(13-20)18-29-9-11-30(12-10-29)19-25-15-24-14-22(6-7-26(24)31-25)23-5-2-8-28-17-23/h1-8,13-15,17H,9-12,18-19H2. The van der Waals surface area contributed by atoms with Crippen molar-refractivity contribution in [3.63, 3.8) is 0 Å². The summed E-state index contributed by atoms with van der Waals surface area (Å²) in [5, 5.41) is 10.2. The van der Waals surface area contributed by atoms with Crippen LogP contribution in [0.3, 0.4) is 0 Å². The van der Waals surface area contributed by atoms with Crippen LogP contribution in [0.15, 0.2) is 77.5 Å². The van der Waals surface area contributed by atoms with Crippen LogP contribution in [0.2, 0.25) is 0 Å². The summed E-state index contributed by atoms with van der Waals surface area (Å²) in [6, 6.07) is 22.6. The lowest BCUT2D eigenvalue weighted by atomic mass is 10.1. The van der Waals surface area contributed by atoms with E-state index in [2.05, 4.69) is 57.3 Å². The van der Waals surface area contributed by atoms with Crippen LogP contribution < -0.4 is 0 Å². The molecule has 3 heterocycles. The van der Waals surface area contributed by atoms with Crippen molar-refractivity contribution in [3.05, 3.63) is 89.9 Å².